The summed E-state index contributed by atoms with van der Waals surface area (Å²) < 4.78 is 5.68. The number of piperidine rings is 1. The molecule has 7 heteroatoms. The fraction of sp³-hybridized carbons (Fsp3) is 0.421. The molecule has 26 heavy (non-hydrogen) atoms. The fourth-order valence-electron chi connectivity index (χ4n) is 3.91. The van der Waals surface area contributed by atoms with E-state index in [-0.39, 0.29) is 23.7 Å². The molecule has 2 amide bonds. The molecule has 2 aliphatic rings. The summed E-state index contributed by atoms with van der Waals surface area (Å²) in [6.07, 6.45) is 3.75. The SMILES string of the molecule is CC(=O)Nc1ccccc1-c1cnc(C(=O)N[C@@H]2C[C@H]3CCN(C3)C2)o1. The van der Waals surface area contributed by atoms with E-state index in [1.54, 1.807) is 6.07 Å². The van der Waals surface area contributed by atoms with Gasteiger partial charge in [0, 0.05) is 31.6 Å². The number of nitrogens with one attached hydrogen (secondary N) is 2. The Hall–Kier alpha value is -2.67. The van der Waals surface area contributed by atoms with Crippen LogP contribution in [-0.2, 0) is 4.79 Å². The van der Waals surface area contributed by atoms with E-state index in [9.17, 15) is 9.59 Å². The summed E-state index contributed by atoms with van der Waals surface area (Å²) in [7, 11) is 0. The molecule has 4 rings (SSSR count). The minimum atomic E-state index is -0.291. The average Bonchev–Trinajstić information content (AvgIpc) is 3.22. The first-order valence-corrected chi connectivity index (χ1v) is 8.94. The van der Waals surface area contributed by atoms with Gasteiger partial charge in [-0.05, 0) is 37.4 Å². The molecule has 2 bridgehead atoms. The van der Waals surface area contributed by atoms with E-state index in [0.29, 0.717) is 22.9 Å². The first-order chi connectivity index (χ1) is 12.6. The summed E-state index contributed by atoms with van der Waals surface area (Å²) in [5.74, 6) is 0.717. The number of fused-ring (bicyclic) bond motifs is 2. The summed E-state index contributed by atoms with van der Waals surface area (Å²) in [6.45, 7) is 4.61. The highest BCUT2D eigenvalue weighted by molar-refractivity contribution is 5.94. The van der Waals surface area contributed by atoms with Crippen LogP contribution in [0.15, 0.2) is 34.9 Å². The number of amides is 2. The van der Waals surface area contributed by atoms with Crippen molar-refractivity contribution in [2.24, 2.45) is 5.92 Å². The first-order valence-electron chi connectivity index (χ1n) is 8.94. The molecular formula is C19H22N4O3. The minimum absolute atomic E-state index is 0.0468. The molecule has 136 valence electrons. The van der Waals surface area contributed by atoms with Gasteiger partial charge in [-0.15, -0.1) is 0 Å². The topological polar surface area (TPSA) is 87.5 Å². The van der Waals surface area contributed by atoms with Crippen LogP contribution in [-0.4, -0.2) is 47.4 Å². The summed E-state index contributed by atoms with van der Waals surface area (Å²) in [4.78, 5) is 30.4. The Morgan fingerprint density at radius 1 is 1.27 bits per heavy atom. The van der Waals surface area contributed by atoms with Crippen molar-refractivity contribution in [3.8, 4) is 11.3 Å². The Morgan fingerprint density at radius 3 is 2.92 bits per heavy atom. The lowest BCUT2D eigenvalue weighted by Crippen LogP contribution is -2.47. The third-order valence-electron chi connectivity index (χ3n) is 5.00. The van der Waals surface area contributed by atoms with E-state index in [2.05, 4.69) is 20.5 Å². The van der Waals surface area contributed by atoms with Gasteiger partial charge < -0.3 is 20.0 Å². The van der Waals surface area contributed by atoms with E-state index in [1.807, 2.05) is 18.2 Å². The number of nitrogens with zero attached hydrogens (tertiary/aromatic N) is 2. The molecule has 1 aromatic heterocycles. The molecule has 0 spiro atoms. The fourth-order valence-corrected chi connectivity index (χ4v) is 3.91. The highest BCUT2D eigenvalue weighted by atomic mass is 16.4. The Morgan fingerprint density at radius 2 is 2.12 bits per heavy atom. The van der Waals surface area contributed by atoms with Crippen LogP contribution in [0.5, 0.6) is 0 Å². The van der Waals surface area contributed by atoms with Crippen molar-refractivity contribution in [3.05, 3.63) is 36.4 Å². The largest absolute Gasteiger partial charge is 0.432 e. The number of benzene rings is 1. The van der Waals surface area contributed by atoms with Crippen LogP contribution in [0.25, 0.3) is 11.3 Å². The van der Waals surface area contributed by atoms with Gasteiger partial charge in [0.2, 0.25) is 5.91 Å². The smallest absolute Gasteiger partial charge is 0.307 e. The molecule has 1 unspecified atom stereocenters. The molecule has 2 saturated heterocycles. The van der Waals surface area contributed by atoms with Crippen molar-refractivity contribution in [3.63, 3.8) is 0 Å². The number of carbonyl (C=O) groups excluding carboxylic acids is 2. The van der Waals surface area contributed by atoms with Crippen molar-refractivity contribution in [2.45, 2.75) is 25.8 Å². The molecule has 0 saturated carbocycles. The summed E-state index contributed by atoms with van der Waals surface area (Å²) in [6, 6.07) is 7.41. The lowest BCUT2D eigenvalue weighted by atomic mass is 9.97. The predicted molar refractivity (Wildman–Crippen MR) is 96.7 cm³/mol. The first kappa shape index (κ1) is 16.8. The van der Waals surface area contributed by atoms with Crippen LogP contribution >= 0.6 is 0 Å². The molecule has 2 fully saturated rings. The Bertz CT molecular complexity index is 820. The molecule has 2 N–H and O–H groups in total. The summed E-state index contributed by atoms with van der Waals surface area (Å²) >= 11 is 0. The second-order valence-corrected chi connectivity index (χ2v) is 7.08. The van der Waals surface area contributed by atoms with Gasteiger partial charge in [-0.2, -0.15) is 0 Å². The third kappa shape index (κ3) is 3.48. The lowest BCUT2D eigenvalue weighted by Gasteiger charge is -2.30. The zero-order chi connectivity index (χ0) is 18.1. The van der Waals surface area contributed by atoms with Gasteiger partial charge in [-0.25, -0.2) is 4.98 Å². The van der Waals surface area contributed by atoms with Crippen molar-refractivity contribution < 1.29 is 14.0 Å². The van der Waals surface area contributed by atoms with Crippen LogP contribution < -0.4 is 10.6 Å². The highest BCUT2D eigenvalue weighted by Gasteiger charge is 2.33. The molecule has 1 aromatic carbocycles. The maximum atomic E-state index is 12.5. The minimum Gasteiger partial charge on any atom is -0.432 e. The Kier molecular flexibility index (Phi) is 4.46. The van der Waals surface area contributed by atoms with Gasteiger partial charge in [0.25, 0.3) is 5.89 Å². The quantitative estimate of drug-likeness (QED) is 0.878. The highest BCUT2D eigenvalue weighted by Crippen LogP contribution is 2.29. The summed E-state index contributed by atoms with van der Waals surface area (Å²) in [5.41, 5.74) is 1.32. The Balaban J connectivity index is 1.48. The second-order valence-electron chi connectivity index (χ2n) is 7.08. The molecule has 7 nitrogen and oxygen atoms in total. The zero-order valence-corrected chi connectivity index (χ0v) is 14.7. The normalized spacial score (nSPS) is 24.3. The van der Waals surface area contributed by atoms with E-state index < -0.39 is 0 Å². The van der Waals surface area contributed by atoms with Crippen LogP contribution in [0.1, 0.15) is 30.5 Å². The van der Waals surface area contributed by atoms with E-state index in [1.165, 1.54) is 19.5 Å². The molecule has 0 radical (unpaired) electrons. The van der Waals surface area contributed by atoms with Gasteiger partial charge in [0.05, 0.1) is 11.9 Å². The average molecular weight is 354 g/mol. The molecule has 3 atom stereocenters. The number of para-hydroxylation sites is 1. The predicted octanol–water partition coefficient (Wildman–Crippen LogP) is 2.12. The van der Waals surface area contributed by atoms with E-state index >= 15 is 0 Å². The standard InChI is InChI=1S/C19H22N4O3/c1-12(24)21-16-5-3-2-4-15(16)17-9-20-19(26-17)18(25)22-14-8-13-6-7-23(10-13)11-14/h2-5,9,13-14H,6-8,10-11H2,1H3,(H,21,24)(H,22,25)/t13-,14-/m1/s1. The van der Waals surface area contributed by atoms with Crippen LogP contribution in [0.2, 0.25) is 0 Å². The summed E-state index contributed by atoms with van der Waals surface area (Å²) in [5, 5.41) is 5.80. The monoisotopic (exact) mass is 354 g/mol. The molecule has 2 aliphatic heterocycles. The number of carbonyl (C=O) groups is 2. The number of oxazole rings is 1. The van der Waals surface area contributed by atoms with Gasteiger partial charge >= 0.3 is 5.91 Å². The molecular weight excluding hydrogens is 332 g/mol. The zero-order valence-electron chi connectivity index (χ0n) is 14.7. The van der Waals surface area contributed by atoms with Crippen LogP contribution in [0, 0.1) is 5.92 Å². The maximum absolute atomic E-state index is 12.5. The lowest BCUT2D eigenvalue weighted by molar-refractivity contribution is -0.114. The van der Waals surface area contributed by atoms with E-state index in [0.717, 1.165) is 26.1 Å². The van der Waals surface area contributed by atoms with Crippen molar-refractivity contribution in [1.82, 2.24) is 15.2 Å². The van der Waals surface area contributed by atoms with Crippen molar-refractivity contribution >= 4 is 17.5 Å². The third-order valence-corrected chi connectivity index (χ3v) is 5.00. The number of hydrogen-bond acceptors (Lipinski definition) is 5. The van der Waals surface area contributed by atoms with E-state index in [4.69, 9.17) is 4.42 Å². The van der Waals surface area contributed by atoms with Crippen LogP contribution in [0.4, 0.5) is 5.69 Å². The van der Waals surface area contributed by atoms with Gasteiger partial charge in [-0.1, -0.05) is 12.1 Å². The number of hydrogen-bond donors (Lipinski definition) is 2. The van der Waals surface area contributed by atoms with Crippen molar-refractivity contribution in [2.75, 3.05) is 25.0 Å². The number of rotatable bonds is 4. The molecule has 0 aliphatic carbocycles. The van der Waals surface area contributed by atoms with Gasteiger partial charge in [-0.3, -0.25) is 9.59 Å². The van der Waals surface area contributed by atoms with Crippen LogP contribution in [0.3, 0.4) is 0 Å². The number of aromatic nitrogens is 1. The molecule has 2 aromatic rings. The maximum Gasteiger partial charge on any atom is 0.307 e. The van der Waals surface area contributed by atoms with Gasteiger partial charge in [0.15, 0.2) is 5.76 Å². The van der Waals surface area contributed by atoms with Crippen molar-refractivity contribution in [1.29, 1.82) is 0 Å². The molecule has 3 heterocycles. The second kappa shape index (κ2) is 6.92. The number of anilines is 1. The Labute approximate surface area is 151 Å². The van der Waals surface area contributed by atoms with Gasteiger partial charge in [0.1, 0.15) is 0 Å².